The van der Waals surface area contributed by atoms with Crippen LogP contribution < -0.4 is 5.56 Å². The summed E-state index contributed by atoms with van der Waals surface area (Å²) < 4.78 is 29.3. The van der Waals surface area contributed by atoms with Gasteiger partial charge in [-0.15, -0.1) is 0 Å². The lowest BCUT2D eigenvalue weighted by Gasteiger charge is -2.38. The van der Waals surface area contributed by atoms with Crippen LogP contribution in [0.1, 0.15) is 32.1 Å². The van der Waals surface area contributed by atoms with E-state index in [0.717, 1.165) is 6.07 Å². The molecule has 0 N–H and O–H groups in total. The van der Waals surface area contributed by atoms with Crippen molar-refractivity contribution >= 4 is 38.2 Å². The quantitative estimate of drug-likeness (QED) is 0.346. The Morgan fingerprint density at radius 3 is 2.43 bits per heavy atom. The van der Waals surface area contributed by atoms with Gasteiger partial charge in [-0.1, -0.05) is 30.7 Å². The highest BCUT2D eigenvalue weighted by Crippen LogP contribution is 2.30. The largest absolute Gasteiger partial charge is 0.295 e. The van der Waals surface area contributed by atoms with Gasteiger partial charge in [-0.3, -0.25) is 24.4 Å². The summed E-state index contributed by atoms with van der Waals surface area (Å²) in [5.74, 6) is 0.670. The van der Waals surface area contributed by atoms with Crippen LogP contribution in [-0.2, 0) is 16.6 Å². The van der Waals surface area contributed by atoms with Crippen molar-refractivity contribution in [2.24, 2.45) is 0 Å². The van der Waals surface area contributed by atoms with Crippen molar-refractivity contribution in [3.8, 4) is 0 Å². The Morgan fingerprint density at radius 1 is 1.11 bits per heavy atom. The molecule has 1 atom stereocenters. The zero-order valence-electron chi connectivity index (χ0n) is 19.4. The Balaban J connectivity index is 1.59. The van der Waals surface area contributed by atoms with E-state index in [2.05, 4.69) is 4.90 Å². The molecular formula is C23H26ClN5O5S. The summed E-state index contributed by atoms with van der Waals surface area (Å²) in [6, 6.07) is 10.6. The molecule has 0 saturated carbocycles. The van der Waals surface area contributed by atoms with Gasteiger partial charge in [0.25, 0.3) is 11.2 Å². The molecule has 0 aliphatic carbocycles. The predicted octanol–water partition coefficient (Wildman–Crippen LogP) is 3.44. The van der Waals surface area contributed by atoms with Gasteiger partial charge in [-0.25, -0.2) is 13.4 Å². The van der Waals surface area contributed by atoms with Gasteiger partial charge in [-0.2, -0.15) is 4.31 Å². The van der Waals surface area contributed by atoms with Crippen LogP contribution in [0, 0.1) is 10.1 Å². The maximum Gasteiger partial charge on any atom is 0.289 e. The van der Waals surface area contributed by atoms with Crippen molar-refractivity contribution in [3.05, 3.63) is 73.8 Å². The number of halogens is 1. The number of sulfonamides is 1. The summed E-state index contributed by atoms with van der Waals surface area (Å²) in [6.45, 7) is 5.68. The van der Waals surface area contributed by atoms with Crippen LogP contribution in [0.5, 0.6) is 0 Å². The number of benzene rings is 2. The Labute approximate surface area is 207 Å². The molecule has 1 aliphatic heterocycles. The van der Waals surface area contributed by atoms with Gasteiger partial charge in [0.05, 0.1) is 26.8 Å². The Morgan fingerprint density at radius 2 is 1.80 bits per heavy atom. The number of nitrogens with zero attached hydrogens (tertiary/aromatic N) is 5. The second-order valence-corrected chi connectivity index (χ2v) is 10.6. The first-order valence-electron chi connectivity index (χ1n) is 11.4. The molecule has 0 amide bonds. The molecule has 2 heterocycles. The standard InChI is InChI=1S/C23H26ClN5O5S/c1-3-20(22-25-19-8-6-5-7-17(19)23(30)28(22)4-2)26-11-13-27(14-12-26)35(33,34)16-9-10-18(24)21(15-16)29(31)32/h5-10,15,20H,3-4,11-14H2,1-2H3. The maximum absolute atomic E-state index is 13.2. The summed E-state index contributed by atoms with van der Waals surface area (Å²) in [6.07, 6.45) is 0.695. The normalized spacial score (nSPS) is 16.4. The van der Waals surface area contributed by atoms with E-state index in [9.17, 15) is 23.3 Å². The van der Waals surface area contributed by atoms with E-state index in [-0.39, 0.29) is 34.6 Å². The third-order valence-corrected chi connectivity index (χ3v) is 8.57. The van der Waals surface area contributed by atoms with Gasteiger partial charge >= 0.3 is 0 Å². The van der Waals surface area contributed by atoms with Gasteiger partial charge in [0.1, 0.15) is 10.8 Å². The summed E-state index contributed by atoms with van der Waals surface area (Å²) in [4.78, 5) is 30.4. The molecule has 35 heavy (non-hydrogen) atoms. The molecule has 12 heteroatoms. The molecule has 186 valence electrons. The highest BCUT2D eigenvalue weighted by molar-refractivity contribution is 7.89. The molecule has 0 spiro atoms. The van der Waals surface area contributed by atoms with Crippen molar-refractivity contribution in [2.45, 2.75) is 37.8 Å². The number of piperazine rings is 1. The fraction of sp³-hybridized carbons (Fsp3) is 0.391. The SMILES string of the molecule is CCC(c1nc2ccccc2c(=O)n1CC)N1CCN(S(=O)(=O)c2ccc(Cl)c([N+](=O)[O-])c2)CC1. The highest BCUT2D eigenvalue weighted by atomic mass is 35.5. The van der Waals surface area contributed by atoms with Crippen LogP contribution in [-0.4, -0.2) is 58.3 Å². The Kier molecular flexibility index (Phi) is 7.22. The van der Waals surface area contributed by atoms with Gasteiger partial charge in [-0.05, 0) is 37.6 Å². The van der Waals surface area contributed by atoms with E-state index in [4.69, 9.17) is 16.6 Å². The predicted molar refractivity (Wildman–Crippen MR) is 133 cm³/mol. The van der Waals surface area contributed by atoms with Crippen molar-refractivity contribution in [2.75, 3.05) is 26.2 Å². The second-order valence-electron chi connectivity index (χ2n) is 8.27. The zero-order chi connectivity index (χ0) is 25.3. The van der Waals surface area contributed by atoms with Crippen LogP contribution in [0.4, 0.5) is 5.69 Å². The zero-order valence-corrected chi connectivity index (χ0v) is 21.0. The van der Waals surface area contributed by atoms with Gasteiger partial charge < -0.3 is 0 Å². The molecule has 1 unspecified atom stereocenters. The lowest BCUT2D eigenvalue weighted by atomic mass is 10.1. The number of hydrogen-bond donors (Lipinski definition) is 0. The summed E-state index contributed by atoms with van der Waals surface area (Å²) in [7, 11) is -3.93. The molecule has 2 aromatic carbocycles. The maximum atomic E-state index is 13.2. The second kappa shape index (κ2) is 10.0. The third kappa shape index (κ3) is 4.68. The Bertz CT molecular complexity index is 1430. The molecule has 0 radical (unpaired) electrons. The fourth-order valence-corrected chi connectivity index (χ4v) is 6.18. The van der Waals surface area contributed by atoms with E-state index in [1.165, 1.54) is 16.4 Å². The number of nitro groups is 1. The van der Waals surface area contributed by atoms with Gasteiger partial charge in [0, 0.05) is 38.8 Å². The van der Waals surface area contributed by atoms with E-state index in [1.54, 1.807) is 10.6 Å². The molecule has 1 aliphatic rings. The topological polar surface area (TPSA) is 119 Å². The molecule has 1 fully saturated rings. The molecular weight excluding hydrogens is 494 g/mol. The van der Waals surface area contributed by atoms with Gasteiger partial charge in [0.15, 0.2) is 0 Å². The van der Waals surface area contributed by atoms with Gasteiger partial charge in [0.2, 0.25) is 10.0 Å². The fourth-order valence-electron chi connectivity index (χ4n) is 4.55. The van der Waals surface area contributed by atoms with E-state index >= 15 is 0 Å². The summed E-state index contributed by atoms with van der Waals surface area (Å²) in [5, 5.41) is 11.7. The van der Waals surface area contributed by atoms with Crippen molar-refractivity contribution in [3.63, 3.8) is 0 Å². The van der Waals surface area contributed by atoms with Crippen LogP contribution in [0.15, 0.2) is 52.2 Å². The monoisotopic (exact) mass is 519 g/mol. The molecule has 10 nitrogen and oxygen atoms in total. The highest BCUT2D eigenvalue weighted by Gasteiger charge is 2.33. The minimum absolute atomic E-state index is 0.0860. The number of para-hydroxylation sites is 1. The minimum Gasteiger partial charge on any atom is -0.295 e. The smallest absolute Gasteiger partial charge is 0.289 e. The lowest BCUT2D eigenvalue weighted by Crippen LogP contribution is -2.50. The van der Waals surface area contributed by atoms with Crippen molar-refractivity contribution in [1.82, 2.24) is 18.8 Å². The summed E-state index contributed by atoms with van der Waals surface area (Å²) >= 11 is 5.84. The summed E-state index contributed by atoms with van der Waals surface area (Å²) in [5.41, 5.74) is 0.107. The van der Waals surface area contributed by atoms with Crippen LogP contribution >= 0.6 is 11.6 Å². The number of rotatable bonds is 7. The van der Waals surface area contributed by atoms with Crippen LogP contribution in [0.25, 0.3) is 10.9 Å². The molecule has 4 rings (SSSR count). The van der Waals surface area contributed by atoms with E-state index in [1.807, 2.05) is 32.0 Å². The first-order chi connectivity index (χ1) is 16.7. The van der Waals surface area contributed by atoms with E-state index in [0.29, 0.717) is 42.8 Å². The first kappa shape index (κ1) is 25.2. The molecule has 1 saturated heterocycles. The number of aromatic nitrogens is 2. The van der Waals surface area contributed by atoms with Crippen molar-refractivity contribution < 1.29 is 13.3 Å². The average Bonchev–Trinajstić information content (AvgIpc) is 2.85. The average molecular weight is 520 g/mol. The van der Waals surface area contributed by atoms with E-state index < -0.39 is 20.6 Å². The van der Waals surface area contributed by atoms with Crippen molar-refractivity contribution in [1.29, 1.82) is 0 Å². The molecule has 3 aromatic rings. The first-order valence-corrected chi connectivity index (χ1v) is 13.2. The molecule has 0 bridgehead atoms. The Hall–Kier alpha value is -2.86. The van der Waals surface area contributed by atoms with Crippen LogP contribution in [0.2, 0.25) is 5.02 Å². The lowest BCUT2D eigenvalue weighted by molar-refractivity contribution is -0.384. The third-order valence-electron chi connectivity index (χ3n) is 6.36. The minimum atomic E-state index is -3.93. The number of hydrogen-bond acceptors (Lipinski definition) is 7. The van der Waals surface area contributed by atoms with Crippen LogP contribution in [0.3, 0.4) is 0 Å². The number of fused-ring (bicyclic) bond motifs is 1. The molecule has 1 aromatic heterocycles. The number of nitro benzene ring substituents is 1.